The van der Waals surface area contributed by atoms with Crippen LogP contribution in [0.1, 0.15) is 50.3 Å². The van der Waals surface area contributed by atoms with Gasteiger partial charge in [0.05, 0.1) is 0 Å². The van der Waals surface area contributed by atoms with Gasteiger partial charge in [-0.1, -0.05) is 25.8 Å². The van der Waals surface area contributed by atoms with Crippen molar-refractivity contribution in [3.63, 3.8) is 0 Å². The quantitative estimate of drug-likeness (QED) is 0.915. The van der Waals surface area contributed by atoms with Crippen LogP contribution in [0, 0.1) is 5.92 Å². The first-order chi connectivity index (χ1) is 9.74. The second-order valence-corrected chi connectivity index (χ2v) is 6.57. The van der Waals surface area contributed by atoms with Gasteiger partial charge in [-0.3, -0.25) is 4.79 Å². The summed E-state index contributed by atoms with van der Waals surface area (Å²) in [6, 6.07) is 4.43. The molecule has 0 aromatic carbocycles. The van der Waals surface area contributed by atoms with Gasteiger partial charge in [0.25, 0.3) is 5.56 Å². The normalized spacial score (nSPS) is 25.6. The van der Waals surface area contributed by atoms with E-state index in [9.17, 15) is 4.79 Å². The van der Waals surface area contributed by atoms with Crippen molar-refractivity contribution in [1.29, 1.82) is 0 Å². The van der Waals surface area contributed by atoms with Crippen molar-refractivity contribution in [2.75, 3.05) is 6.54 Å². The van der Waals surface area contributed by atoms with Gasteiger partial charge in [-0.05, 0) is 43.6 Å². The minimum absolute atomic E-state index is 0.171. The molecule has 1 aromatic rings. The summed E-state index contributed by atoms with van der Waals surface area (Å²) in [5, 5.41) is 3.66. The molecule has 1 heterocycles. The van der Waals surface area contributed by atoms with E-state index in [2.05, 4.69) is 12.2 Å². The molecule has 1 saturated carbocycles. The van der Waals surface area contributed by atoms with E-state index >= 15 is 0 Å². The molecule has 0 bridgehead atoms. The van der Waals surface area contributed by atoms with E-state index in [-0.39, 0.29) is 5.56 Å². The topological polar surface area (TPSA) is 34.0 Å². The zero-order chi connectivity index (χ0) is 13.9. The fraction of sp³-hybridized carbons (Fsp3) is 0.706. The number of hydrogen-bond donors (Lipinski definition) is 1. The smallest absolute Gasteiger partial charge is 0.250 e. The molecule has 1 aromatic heterocycles. The average molecular weight is 274 g/mol. The molecular weight excluding hydrogens is 248 g/mol. The Kier molecular flexibility index (Phi) is 4.25. The molecule has 2 aliphatic carbocycles. The van der Waals surface area contributed by atoms with Crippen LogP contribution in [0.15, 0.2) is 16.9 Å². The van der Waals surface area contributed by atoms with E-state index in [1.807, 2.05) is 10.6 Å². The van der Waals surface area contributed by atoms with Crippen molar-refractivity contribution in [1.82, 2.24) is 9.88 Å². The van der Waals surface area contributed by atoms with Crippen LogP contribution < -0.4 is 10.9 Å². The van der Waals surface area contributed by atoms with Gasteiger partial charge in [0.2, 0.25) is 0 Å². The second kappa shape index (κ2) is 6.13. The summed E-state index contributed by atoms with van der Waals surface area (Å²) in [5.74, 6) is 0.852. The van der Waals surface area contributed by atoms with Crippen LogP contribution in [0.2, 0.25) is 0 Å². The first kappa shape index (κ1) is 13.9. The maximum absolute atomic E-state index is 12.0. The van der Waals surface area contributed by atoms with E-state index in [0.717, 1.165) is 31.8 Å². The first-order valence-electron chi connectivity index (χ1n) is 8.19. The molecular formula is C17H26N2O. The molecule has 3 nitrogen and oxygen atoms in total. The van der Waals surface area contributed by atoms with Gasteiger partial charge >= 0.3 is 0 Å². The minimum atomic E-state index is 0.171. The Morgan fingerprint density at radius 2 is 2.15 bits per heavy atom. The molecule has 0 aliphatic heterocycles. The minimum Gasteiger partial charge on any atom is -0.312 e. The zero-order valence-electron chi connectivity index (χ0n) is 12.5. The average Bonchev–Trinajstić information content (AvgIpc) is 2.90. The monoisotopic (exact) mass is 274 g/mol. The fourth-order valence-electron chi connectivity index (χ4n) is 3.88. The van der Waals surface area contributed by atoms with Crippen molar-refractivity contribution in [2.24, 2.45) is 5.92 Å². The number of pyridine rings is 1. The highest BCUT2D eigenvalue weighted by Gasteiger charge is 2.19. The van der Waals surface area contributed by atoms with Crippen LogP contribution in [-0.4, -0.2) is 17.2 Å². The summed E-state index contributed by atoms with van der Waals surface area (Å²) < 4.78 is 2.00. The molecule has 0 saturated heterocycles. The van der Waals surface area contributed by atoms with Crippen LogP contribution in [0.25, 0.3) is 0 Å². The SMILES string of the molecule is CC1CCCC(NCCn2c3c(ccc2=O)CCC3)C1. The summed E-state index contributed by atoms with van der Waals surface area (Å²) in [6.07, 6.45) is 8.73. The summed E-state index contributed by atoms with van der Waals surface area (Å²) in [5.41, 5.74) is 2.84. The van der Waals surface area contributed by atoms with Crippen LogP contribution in [0.4, 0.5) is 0 Å². The Labute approximate surface area is 121 Å². The largest absolute Gasteiger partial charge is 0.312 e. The summed E-state index contributed by atoms with van der Waals surface area (Å²) in [6.45, 7) is 4.10. The lowest BCUT2D eigenvalue weighted by Crippen LogP contribution is -2.37. The Balaban J connectivity index is 1.59. The number of nitrogens with zero attached hydrogens (tertiary/aromatic N) is 1. The van der Waals surface area contributed by atoms with Crippen molar-refractivity contribution in [3.05, 3.63) is 33.7 Å². The molecule has 3 heteroatoms. The van der Waals surface area contributed by atoms with E-state index < -0.39 is 0 Å². The van der Waals surface area contributed by atoms with Gasteiger partial charge in [0, 0.05) is 30.9 Å². The lowest BCUT2D eigenvalue weighted by atomic mass is 9.87. The first-order valence-corrected chi connectivity index (χ1v) is 8.19. The molecule has 20 heavy (non-hydrogen) atoms. The van der Waals surface area contributed by atoms with Crippen molar-refractivity contribution < 1.29 is 0 Å². The highest BCUT2D eigenvalue weighted by molar-refractivity contribution is 5.25. The number of hydrogen-bond acceptors (Lipinski definition) is 2. The van der Waals surface area contributed by atoms with Gasteiger partial charge in [-0.25, -0.2) is 0 Å². The van der Waals surface area contributed by atoms with Gasteiger partial charge in [0.1, 0.15) is 0 Å². The number of rotatable bonds is 4. The van der Waals surface area contributed by atoms with Gasteiger partial charge in [-0.2, -0.15) is 0 Å². The predicted molar refractivity (Wildman–Crippen MR) is 82.1 cm³/mol. The Bertz CT molecular complexity index is 520. The van der Waals surface area contributed by atoms with Gasteiger partial charge < -0.3 is 9.88 Å². The lowest BCUT2D eigenvalue weighted by molar-refractivity contribution is 0.298. The molecule has 1 fully saturated rings. The van der Waals surface area contributed by atoms with Gasteiger partial charge in [0.15, 0.2) is 0 Å². The van der Waals surface area contributed by atoms with E-state index in [1.165, 1.54) is 43.4 Å². The zero-order valence-corrected chi connectivity index (χ0v) is 12.5. The van der Waals surface area contributed by atoms with Crippen LogP contribution >= 0.6 is 0 Å². The van der Waals surface area contributed by atoms with Crippen molar-refractivity contribution >= 4 is 0 Å². The third-order valence-corrected chi connectivity index (χ3v) is 4.95. The van der Waals surface area contributed by atoms with Crippen LogP contribution in [-0.2, 0) is 19.4 Å². The van der Waals surface area contributed by atoms with Crippen molar-refractivity contribution in [2.45, 2.75) is 64.5 Å². The molecule has 2 unspecified atom stereocenters. The lowest BCUT2D eigenvalue weighted by Gasteiger charge is -2.27. The Hall–Kier alpha value is -1.09. The molecule has 0 radical (unpaired) electrons. The number of nitrogens with one attached hydrogen (secondary N) is 1. The fourth-order valence-corrected chi connectivity index (χ4v) is 3.88. The van der Waals surface area contributed by atoms with E-state index in [4.69, 9.17) is 0 Å². The second-order valence-electron chi connectivity index (χ2n) is 6.57. The maximum Gasteiger partial charge on any atom is 0.250 e. The number of aryl methyl sites for hydroxylation is 1. The third kappa shape index (κ3) is 2.98. The summed E-state index contributed by atoms with van der Waals surface area (Å²) in [4.78, 5) is 12.0. The molecule has 110 valence electrons. The molecule has 2 aliphatic rings. The summed E-state index contributed by atoms with van der Waals surface area (Å²) >= 11 is 0. The Morgan fingerprint density at radius 1 is 1.25 bits per heavy atom. The third-order valence-electron chi connectivity index (χ3n) is 4.95. The van der Waals surface area contributed by atoms with Gasteiger partial charge in [-0.15, -0.1) is 0 Å². The summed E-state index contributed by atoms with van der Waals surface area (Å²) in [7, 11) is 0. The Morgan fingerprint density at radius 3 is 3.00 bits per heavy atom. The molecule has 0 spiro atoms. The van der Waals surface area contributed by atoms with Crippen LogP contribution in [0.5, 0.6) is 0 Å². The van der Waals surface area contributed by atoms with E-state index in [0.29, 0.717) is 6.04 Å². The van der Waals surface area contributed by atoms with Crippen molar-refractivity contribution in [3.8, 4) is 0 Å². The predicted octanol–water partition coefficient (Wildman–Crippen LogP) is 2.51. The van der Waals surface area contributed by atoms with Crippen LogP contribution in [0.3, 0.4) is 0 Å². The highest BCUT2D eigenvalue weighted by atomic mass is 16.1. The molecule has 1 N–H and O–H groups in total. The number of fused-ring (bicyclic) bond motifs is 1. The molecule has 0 amide bonds. The molecule has 2 atom stereocenters. The van der Waals surface area contributed by atoms with E-state index in [1.54, 1.807) is 6.07 Å². The number of aromatic nitrogens is 1. The molecule has 3 rings (SSSR count). The maximum atomic E-state index is 12.0. The standard InChI is InChI=1S/C17H26N2O/c1-13-4-2-6-15(12-13)18-10-11-19-16-7-3-5-14(16)8-9-17(19)20/h8-9,13,15,18H,2-7,10-12H2,1H3. The highest BCUT2D eigenvalue weighted by Crippen LogP contribution is 2.23.